The quantitative estimate of drug-likeness (QED) is 0.710. The zero-order chi connectivity index (χ0) is 10.3. The first-order valence-electron chi connectivity index (χ1n) is 4.08. The summed E-state index contributed by atoms with van der Waals surface area (Å²) in [6.45, 7) is 4.00. The van der Waals surface area contributed by atoms with Crippen LogP contribution in [0.15, 0.2) is 28.7 Å². The van der Waals surface area contributed by atoms with Gasteiger partial charge in [-0.1, -0.05) is 26.0 Å². The monoisotopic (exact) mass is 244 g/mol. The fourth-order valence-corrected chi connectivity index (χ4v) is 1.18. The van der Waals surface area contributed by atoms with E-state index in [1.54, 1.807) is 18.2 Å². The van der Waals surface area contributed by atoms with Crippen LogP contribution in [0.25, 0.3) is 0 Å². The summed E-state index contributed by atoms with van der Waals surface area (Å²) in [7, 11) is 1.36. The van der Waals surface area contributed by atoms with Crippen molar-refractivity contribution >= 4 is 21.9 Å². The fourth-order valence-electron chi connectivity index (χ4n) is 0.737. The molecular formula is C10H13BrO2. The van der Waals surface area contributed by atoms with Gasteiger partial charge in [-0.05, 0) is 28.1 Å². The maximum atomic E-state index is 11.0. The van der Waals surface area contributed by atoms with E-state index in [4.69, 9.17) is 0 Å². The maximum absolute atomic E-state index is 11.0. The Balaban J connectivity index is 0.000000671. The molecule has 13 heavy (non-hydrogen) atoms. The number of halogens is 1. The summed E-state index contributed by atoms with van der Waals surface area (Å²) in [5.74, 6) is -0.322. The molecule has 0 amide bonds. The van der Waals surface area contributed by atoms with Crippen LogP contribution in [0.3, 0.4) is 0 Å². The minimum atomic E-state index is -0.322. The van der Waals surface area contributed by atoms with Crippen LogP contribution < -0.4 is 0 Å². The standard InChI is InChI=1S/C8H7BrO2.C2H6/c1-11-8(10)6-4-2-3-5-7(6)9;1-2/h2-5H,1H3;1-2H3. The van der Waals surface area contributed by atoms with Crippen LogP contribution in [0.1, 0.15) is 24.2 Å². The average Bonchev–Trinajstić information content (AvgIpc) is 2.20. The first kappa shape index (κ1) is 12.2. The lowest BCUT2D eigenvalue weighted by molar-refractivity contribution is 0.0599. The van der Waals surface area contributed by atoms with Crippen LogP contribution in [-0.2, 0) is 4.74 Å². The van der Waals surface area contributed by atoms with Gasteiger partial charge in [0.1, 0.15) is 0 Å². The Morgan fingerprint density at radius 2 is 1.85 bits per heavy atom. The first-order valence-corrected chi connectivity index (χ1v) is 4.88. The lowest BCUT2D eigenvalue weighted by atomic mass is 10.2. The Morgan fingerprint density at radius 3 is 2.31 bits per heavy atom. The third-order valence-corrected chi connectivity index (χ3v) is 1.97. The lowest BCUT2D eigenvalue weighted by Crippen LogP contribution is -2.01. The molecule has 0 fully saturated rings. The highest BCUT2D eigenvalue weighted by atomic mass is 79.9. The molecule has 0 atom stereocenters. The highest BCUT2D eigenvalue weighted by Gasteiger charge is 2.07. The summed E-state index contributed by atoms with van der Waals surface area (Å²) in [5.41, 5.74) is 0.551. The van der Waals surface area contributed by atoms with Gasteiger partial charge in [-0.15, -0.1) is 0 Å². The summed E-state index contributed by atoms with van der Waals surface area (Å²) in [5, 5.41) is 0. The van der Waals surface area contributed by atoms with Gasteiger partial charge in [0.25, 0.3) is 0 Å². The Morgan fingerprint density at radius 1 is 1.31 bits per heavy atom. The van der Waals surface area contributed by atoms with Crippen LogP contribution in [-0.4, -0.2) is 13.1 Å². The molecule has 0 unspecified atom stereocenters. The number of hydrogen-bond donors (Lipinski definition) is 0. The molecule has 72 valence electrons. The Labute approximate surface area is 87.0 Å². The number of carbonyl (C=O) groups is 1. The number of ether oxygens (including phenoxy) is 1. The van der Waals surface area contributed by atoms with Crippen molar-refractivity contribution in [2.24, 2.45) is 0 Å². The number of benzene rings is 1. The van der Waals surface area contributed by atoms with E-state index in [0.29, 0.717) is 5.56 Å². The van der Waals surface area contributed by atoms with Crippen LogP contribution in [0, 0.1) is 0 Å². The molecule has 1 aromatic carbocycles. The van der Waals surface area contributed by atoms with E-state index in [1.165, 1.54) is 7.11 Å². The van der Waals surface area contributed by atoms with Gasteiger partial charge in [0.05, 0.1) is 12.7 Å². The van der Waals surface area contributed by atoms with Gasteiger partial charge in [-0.25, -0.2) is 4.79 Å². The first-order chi connectivity index (χ1) is 6.25. The van der Waals surface area contributed by atoms with Crippen molar-refractivity contribution in [3.8, 4) is 0 Å². The van der Waals surface area contributed by atoms with E-state index in [0.717, 1.165) is 4.47 Å². The van der Waals surface area contributed by atoms with E-state index in [9.17, 15) is 4.79 Å². The molecule has 0 aliphatic rings. The number of hydrogen-bond acceptors (Lipinski definition) is 2. The molecule has 1 aromatic rings. The average molecular weight is 245 g/mol. The largest absolute Gasteiger partial charge is 0.465 e. The topological polar surface area (TPSA) is 26.3 Å². The highest BCUT2D eigenvalue weighted by molar-refractivity contribution is 9.10. The predicted octanol–water partition coefficient (Wildman–Crippen LogP) is 3.26. The van der Waals surface area contributed by atoms with Crippen molar-refractivity contribution in [1.82, 2.24) is 0 Å². The van der Waals surface area contributed by atoms with Crippen LogP contribution >= 0.6 is 15.9 Å². The minimum Gasteiger partial charge on any atom is -0.465 e. The Kier molecular flexibility index (Phi) is 6.24. The maximum Gasteiger partial charge on any atom is 0.338 e. The summed E-state index contributed by atoms with van der Waals surface area (Å²) in [6, 6.07) is 7.13. The minimum absolute atomic E-state index is 0.322. The lowest BCUT2D eigenvalue weighted by Gasteiger charge is -1.99. The number of carbonyl (C=O) groups excluding carboxylic acids is 1. The van der Waals surface area contributed by atoms with Gasteiger partial charge in [-0.2, -0.15) is 0 Å². The van der Waals surface area contributed by atoms with Gasteiger partial charge >= 0.3 is 5.97 Å². The van der Waals surface area contributed by atoms with E-state index in [-0.39, 0.29) is 5.97 Å². The molecule has 0 aromatic heterocycles. The van der Waals surface area contributed by atoms with Gasteiger partial charge in [0.15, 0.2) is 0 Å². The van der Waals surface area contributed by atoms with Crippen molar-refractivity contribution < 1.29 is 9.53 Å². The molecule has 0 bridgehead atoms. The molecule has 0 heterocycles. The van der Waals surface area contributed by atoms with E-state index >= 15 is 0 Å². The molecule has 0 spiro atoms. The molecule has 0 saturated heterocycles. The van der Waals surface area contributed by atoms with E-state index < -0.39 is 0 Å². The molecule has 0 aliphatic carbocycles. The summed E-state index contributed by atoms with van der Waals surface area (Å²) in [4.78, 5) is 11.0. The van der Waals surface area contributed by atoms with Crippen molar-refractivity contribution in [1.29, 1.82) is 0 Å². The third-order valence-electron chi connectivity index (χ3n) is 1.28. The normalized spacial score (nSPS) is 8.31. The van der Waals surface area contributed by atoms with Gasteiger partial charge in [0.2, 0.25) is 0 Å². The fraction of sp³-hybridized carbons (Fsp3) is 0.300. The van der Waals surface area contributed by atoms with Gasteiger partial charge < -0.3 is 4.74 Å². The van der Waals surface area contributed by atoms with Crippen LogP contribution in [0.2, 0.25) is 0 Å². The Bertz CT molecular complexity index is 271. The molecule has 2 nitrogen and oxygen atoms in total. The molecule has 0 aliphatic heterocycles. The van der Waals surface area contributed by atoms with Crippen molar-refractivity contribution in [3.05, 3.63) is 34.3 Å². The van der Waals surface area contributed by atoms with Gasteiger partial charge in [-0.3, -0.25) is 0 Å². The van der Waals surface area contributed by atoms with Crippen LogP contribution in [0.5, 0.6) is 0 Å². The van der Waals surface area contributed by atoms with Crippen molar-refractivity contribution in [3.63, 3.8) is 0 Å². The van der Waals surface area contributed by atoms with Crippen LogP contribution in [0.4, 0.5) is 0 Å². The second kappa shape index (κ2) is 6.66. The summed E-state index contributed by atoms with van der Waals surface area (Å²) in [6.07, 6.45) is 0. The van der Waals surface area contributed by atoms with E-state index in [2.05, 4.69) is 20.7 Å². The molecule has 0 saturated carbocycles. The molecule has 3 heteroatoms. The number of methoxy groups -OCH3 is 1. The smallest absolute Gasteiger partial charge is 0.338 e. The molecule has 1 rings (SSSR count). The summed E-state index contributed by atoms with van der Waals surface area (Å²) < 4.78 is 5.30. The van der Waals surface area contributed by atoms with E-state index in [1.807, 2.05) is 19.9 Å². The van der Waals surface area contributed by atoms with Crippen molar-refractivity contribution in [2.45, 2.75) is 13.8 Å². The highest BCUT2D eigenvalue weighted by Crippen LogP contribution is 2.16. The number of esters is 1. The number of rotatable bonds is 1. The second-order valence-electron chi connectivity index (χ2n) is 1.97. The predicted molar refractivity (Wildman–Crippen MR) is 56.8 cm³/mol. The molecule has 0 radical (unpaired) electrons. The molecule has 0 N–H and O–H groups in total. The third kappa shape index (κ3) is 3.59. The Hall–Kier alpha value is -0.830. The SMILES string of the molecule is CC.COC(=O)c1ccccc1Br. The second-order valence-corrected chi connectivity index (χ2v) is 2.83. The zero-order valence-corrected chi connectivity index (χ0v) is 9.59. The van der Waals surface area contributed by atoms with Gasteiger partial charge in [0, 0.05) is 4.47 Å². The van der Waals surface area contributed by atoms with Crippen molar-refractivity contribution in [2.75, 3.05) is 7.11 Å². The molecular weight excluding hydrogens is 232 g/mol. The summed E-state index contributed by atoms with van der Waals surface area (Å²) >= 11 is 3.24. The zero-order valence-electron chi connectivity index (χ0n) is 8.00.